The quantitative estimate of drug-likeness (QED) is 0.697. The van der Waals surface area contributed by atoms with Crippen LogP contribution in [0.3, 0.4) is 0 Å². The van der Waals surface area contributed by atoms with E-state index in [0.717, 1.165) is 25.1 Å². The molecule has 1 aromatic carbocycles. The first-order valence-corrected chi connectivity index (χ1v) is 7.17. The summed E-state index contributed by atoms with van der Waals surface area (Å²) in [5.41, 5.74) is 1.59. The normalized spacial score (nSPS) is 17.8. The van der Waals surface area contributed by atoms with Crippen molar-refractivity contribution in [2.24, 2.45) is 5.92 Å². The Labute approximate surface area is 119 Å². The van der Waals surface area contributed by atoms with Gasteiger partial charge in [0.2, 0.25) is 0 Å². The van der Waals surface area contributed by atoms with E-state index in [9.17, 15) is 4.79 Å². The highest BCUT2D eigenvalue weighted by atomic mass is 16.3. The van der Waals surface area contributed by atoms with Crippen molar-refractivity contribution in [3.63, 3.8) is 0 Å². The Morgan fingerprint density at radius 1 is 1.35 bits per heavy atom. The van der Waals surface area contributed by atoms with Crippen molar-refractivity contribution in [1.29, 1.82) is 0 Å². The van der Waals surface area contributed by atoms with Gasteiger partial charge in [0.1, 0.15) is 0 Å². The van der Waals surface area contributed by atoms with Crippen LogP contribution in [-0.2, 0) is 0 Å². The molecule has 0 fully saturated rings. The van der Waals surface area contributed by atoms with Crippen LogP contribution in [0.2, 0.25) is 0 Å². The maximum Gasteiger partial charge on any atom is 0.251 e. The lowest BCUT2D eigenvalue weighted by molar-refractivity contribution is 0.0945. The Balaban J connectivity index is 1.88. The Bertz CT molecular complexity index is 471. The number of aliphatic hydroxyl groups excluding tert-OH is 1. The van der Waals surface area contributed by atoms with Gasteiger partial charge >= 0.3 is 0 Å². The number of hydrogen-bond acceptors (Lipinski definition) is 3. The molecule has 2 rings (SSSR count). The van der Waals surface area contributed by atoms with Crippen LogP contribution in [0.4, 0.5) is 5.69 Å². The highest BCUT2D eigenvalue weighted by molar-refractivity contribution is 5.95. The van der Waals surface area contributed by atoms with Gasteiger partial charge in [-0.05, 0) is 43.4 Å². The van der Waals surface area contributed by atoms with Gasteiger partial charge < -0.3 is 15.7 Å². The molecule has 1 atom stereocenters. The molecule has 0 saturated heterocycles. The zero-order valence-corrected chi connectivity index (χ0v) is 11.6. The molecule has 0 saturated carbocycles. The summed E-state index contributed by atoms with van der Waals surface area (Å²) in [4.78, 5) is 11.8. The third kappa shape index (κ3) is 4.38. The second kappa shape index (κ2) is 7.70. The van der Waals surface area contributed by atoms with Gasteiger partial charge in [-0.15, -0.1) is 0 Å². The van der Waals surface area contributed by atoms with Gasteiger partial charge in [0.05, 0.1) is 6.61 Å². The van der Waals surface area contributed by atoms with E-state index in [1.54, 1.807) is 6.07 Å². The fourth-order valence-corrected chi connectivity index (χ4v) is 2.35. The van der Waals surface area contributed by atoms with Crippen molar-refractivity contribution in [2.45, 2.75) is 19.3 Å². The number of aliphatic hydroxyl groups is 1. The molecule has 0 aromatic heterocycles. The Morgan fingerprint density at radius 3 is 3.00 bits per heavy atom. The Morgan fingerprint density at radius 2 is 2.25 bits per heavy atom. The Hall–Kier alpha value is -1.81. The van der Waals surface area contributed by atoms with E-state index in [1.807, 2.05) is 18.2 Å². The average molecular weight is 274 g/mol. The van der Waals surface area contributed by atoms with Crippen molar-refractivity contribution in [2.75, 3.05) is 25.0 Å². The minimum atomic E-state index is -0.150. The number of nitrogens with one attached hydrogen (secondary N) is 2. The summed E-state index contributed by atoms with van der Waals surface area (Å²) < 4.78 is 0. The minimum Gasteiger partial charge on any atom is -0.395 e. The summed E-state index contributed by atoms with van der Waals surface area (Å²) in [5.74, 6) is 0.523. The standard InChI is InChI=1S/C16H22N2O2/c19-10-9-17-16(20)14-7-4-8-15(11-14)18-12-13-5-2-1-3-6-13/h1-2,4,7-8,11,13,18-19H,3,5-6,9-10,12H2,(H,17,20). The van der Waals surface area contributed by atoms with Crippen molar-refractivity contribution >= 4 is 11.6 Å². The van der Waals surface area contributed by atoms with Crippen LogP contribution in [0.5, 0.6) is 0 Å². The first-order valence-electron chi connectivity index (χ1n) is 7.17. The van der Waals surface area contributed by atoms with Crippen LogP contribution in [0.15, 0.2) is 36.4 Å². The maximum atomic E-state index is 11.8. The highest BCUT2D eigenvalue weighted by Crippen LogP contribution is 2.19. The predicted octanol–water partition coefficient (Wildman–Crippen LogP) is 2.18. The summed E-state index contributed by atoms with van der Waals surface area (Å²) in [6.07, 6.45) is 8.00. The van der Waals surface area contributed by atoms with Crippen molar-refractivity contribution in [1.82, 2.24) is 5.32 Å². The highest BCUT2D eigenvalue weighted by Gasteiger charge is 2.10. The fourth-order valence-electron chi connectivity index (χ4n) is 2.35. The number of benzene rings is 1. The SMILES string of the molecule is O=C(NCCO)c1cccc(NCC2CC=CCC2)c1. The lowest BCUT2D eigenvalue weighted by Crippen LogP contribution is -2.26. The third-order valence-electron chi connectivity index (χ3n) is 3.49. The second-order valence-corrected chi connectivity index (χ2v) is 5.09. The van der Waals surface area contributed by atoms with Gasteiger partial charge in [0.25, 0.3) is 5.91 Å². The molecule has 4 nitrogen and oxygen atoms in total. The van der Waals surface area contributed by atoms with E-state index < -0.39 is 0 Å². The molecule has 20 heavy (non-hydrogen) atoms. The Kier molecular flexibility index (Phi) is 5.62. The summed E-state index contributed by atoms with van der Waals surface area (Å²) in [7, 11) is 0. The lowest BCUT2D eigenvalue weighted by Gasteiger charge is -2.19. The third-order valence-corrected chi connectivity index (χ3v) is 3.49. The number of anilines is 1. The zero-order valence-electron chi connectivity index (χ0n) is 11.6. The predicted molar refractivity (Wildman–Crippen MR) is 80.8 cm³/mol. The lowest BCUT2D eigenvalue weighted by atomic mass is 9.94. The second-order valence-electron chi connectivity index (χ2n) is 5.09. The first kappa shape index (κ1) is 14.6. The van der Waals surface area contributed by atoms with E-state index in [-0.39, 0.29) is 19.1 Å². The smallest absolute Gasteiger partial charge is 0.251 e. The largest absolute Gasteiger partial charge is 0.395 e. The molecular formula is C16H22N2O2. The first-order chi connectivity index (χ1) is 9.79. The van der Waals surface area contributed by atoms with Crippen LogP contribution >= 0.6 is 0 Å². The van der Waals surface area contributed by atoms with Crippen LogP contribution < -0.4 is 10.6 Å². The van der Waals surface area contributed by atoms with Crippen LogP contribution in [0.1, 0.15) is 29.6 Å². The molecule has 3 N–H and O–H groups in total. The van der Waals surface area contributed by atoms with Crippen LogP contribution in [-0.4, -0.2) is 30.7 Å². The monoisotopic (exact) mass is 274 g/mol. The maximum absolute atomic E-state index is 11.8. The van der Waals surface area contributed by atoms with Gasteiger partial charge in [-0.1, -0.05) is 18.2 Å². The van der Waals surface area contributed by atoms with E-state index in [1.165, 1.54) is 6.42 Å². The minimum absolute atomic E-state index is 0.0428. The topological polar surface area (TPSA) is 61.4 Å². The van der Waals surface area contributed by atoms with E-state index in [0.29, 0.717) is 11.5 Å². The molecule has 0 bridgehead atoms. The van der Waals surface area contributed by atoms with Gasteiger partial charge in [-0.3, -0.25) is 4.79 Å². The number of carbonyl (C=O) groups excluding carboxylic acids is 1. The summed E-state index contributed by atoms with van der Waals surface area (Å²) in [6.45, 7) is 1.18. The molecule has 0 heterocycles. The van der Waals surface area contributed by atoms with Gasteiger partial charge in [-0.25, -0.2) is 0 Å². The van der Waals surface area contributed by atoms with Gasteiger partial charge in [-0.2, -0.15) is 0 Å². The van der Waals surface area contributed by atoms with Crippen molar-refractivity contribution in [3.8, 4) is 0 Å². The van der Waals surface area contributed by atoms with Crippen molar-refractivity contribution < 1.29 is 9.90 Å². The summed E-state index contributed by atoms with van der Waals surface area (Å²) in [5, 5.41) is 14.8. The zero-order chi connectivity index (χ0) is 14.2. The number of carbonyl (C=O) groups is 1. The number of amides is 1. The number of allylic oxidation sites excluding steroid dienone is 2. The summed E-state index contributed by atoms with van der Waals surface area (Å²) >= 11 is 0. The molecule has 0 spiro atoms. The number of hydrogen-bond donors (Lipinski definition) is 3. The molecule has 1 aromatic rings. The molecule has 1 aliphatic carbocycles. The molecule has 1 amide bonds. The van der Waals surface area contributed by atoms with E-state index in [2.05, 4.69) is 22.8 Å². The summed E-state index contributed by atoms with van der Waals surface area (Å²) in [6, 6.07) is 7.48. The molecular weight excluding hydrogens is 252 g/mol. The molecule has 4 heteroatoms. The molecule has 1 aliphatic rings. The van der Waals surface area contributed by atoms with E-state index in [4.69, 9.17) is 5.11 Å². The van der Waals surface area contributed by atoms with E-state index >= 15 is 0 Å². The molecule has 0 aliphatic heterocycles. The van der Waals surface area contributed by atoms with Crippen LogP contribution in [0.25, 0.3) is 0 Å². The number of rotatable bonds is 6. The van der Waals surface area contributed by atoms with Gasteiger partial charge in [0, 0.05) is 24.3 Å². The average Bonchev–Trinajstić information content (AvgIpc) is 2.52. The molecule has 0 radical (unpaired) electrons. The van der Waals surface area contributed by atoms with Gasteiger partial charge in [0.15, 0.2) is 0 Å². The van der Waals surface area contributed by atoms with Crippen LogP contribution in [0, 0.1) is 5.92 Å². The molecule has 108 valence electrons. The molecule has 1 unspecified atom stereocenters. The fraction of sp³-hybridized carbons (Fsp3) is 0.438. The van der Waals surface area contributed by atoms with Crippen molar-refractivity contribution in [3.05, 3.63) is 42.0 Å².